The van der Waals surface area contributed by atoms with E-state index in [2.05, 4.69) is 10.3 Å². The fourth-order valence-corrected chi connectivity index (χ4v) is 6.79. The van der Waals surface area contributed by atoms with Gasteiger partial charge in [-0.05, 0) is 67.3 Å². The van der Waals surface area contributed by atoms with Gasteiger partial charge in [0.25, 0.3) is 11.5 Å². The first kappa shape index (κ1) is 27.4. The number of methoxy groups -OCH3 is 1. The van der Waals surface area contributed by atoms with E-state index in [-0.39, 0.29) is 11.5 Å². The number of thiazole rings is 1. The highest BCUT2D eigenvalue weighted by Crippen LogP contribution is 2.33. The zero-order valence-electron chi connectivity index (χ0n) is 22.9. The molecule has 6 rings (SSSR count). The number of fused-ring (bicyclic) bond motifs is 1. The molecule has 4 heterocycles. The highest BCUT2D eigenvalue weighted by atomic mass is 32.1. The number of carbonyl (C=O) groups excluding carboxylic acids is 2. The van der Waals surface area contributed by atoms with E-state index < -0.39 is 12.0 Å². The number of rotatable bonds is 6. The molecule has 3 aromatic heterocycles. The van der Waals surface area contributed by atoms with Gasteiger partial charge in [0, 0.05) is 22.2 Å². The monoisotopic (exact) mass is 595 g/mol. The zero-order valence-corrected chi connectivity index (χ0v) is 24.5. The number of aromatic nitrogens is 1. The number of nitrogens with zero attached hydrogens (tertiary/aromatic N) is 2. The lowest BCUT2D eigenvalue weighted by molar-refractivity contribution is -0.113. The Kier molecular flexibility index (Phi) is 7.32. The number of carbonyl (C=O) groups is 2. The summed E-state index contributed by atoms with van der Waals surface area (Å²) in [4.78, 5) is 45.4. The van der Waals surface area contributed by atoms with Crippen molar-refractivity contribution in [2.75, 3.05) is 12.4 Å². The minimum Gasteiger partial charge on any atom is -0.465 e. The number of benzene rings is 2. The molecule has 0 saturated carbocycles. The average molecular weight is 596 g/mol. The number of aryl methyl sites for hydroxylation is 1. The van der Waals surface area contributed by atoms with Crippen LogP contribution in [0.15, 0.2) is 104 Å². The lowest BCUT2D eigenvalue weighted by Crippen LogP contribution is -2.40. The number of para-hydroxylation sites is 1. The van der Waals surface area contributed by atoms with Crippen LogP contribution in [0.5, 0.6) is 0 Å². The van der Waals surface area contributed by atoms with Gasteiger partial charge in [-0.15, -0.1) is 11.3 Å². The second-order valence-electron chi connectivity index (χ2n) is 9.64. The van der Waals surface area contributed by atoms with Crippen molar-refractivity contribution in [3.63, 3.8) is 0 Å². The van der Waals surface area contributed by atoms with Gasteiger partial charge in [0.05, 0.1) is 28.5 Å². The molecule has 5 aromatic rings. The van der Waals surface area contributed by atoms with Crippen molar-refractivity contribution in [3.05, 3.63) is 131 Å². The third kappa shape index (κ3) is 5.06. The number of ether oxygens (including phenoxy) is 1. The van der Waals surface area contributed by atoms with Crippen molar-refractivity contribution in [1.29, 1.82) is 0 Å². The minimum atomic E-state index is -0.616. The molecule has 1 atom stereocenters. The van der Waals surface area contributed by atoms with Crippen LogP contribution in [0.1, 0.15) is 39.5 Å². The SMILES string of the molecule is COC(=O)c1ccc(-c2ccc(/C=c3/sc4n(c3=O)[C@@H](c3cccs3)C(C(=O)Nc3ccccc3)=C(C)N=4)o2)c(C)c1. The van der Waals surface area contributed by atoms with Gasteiger partial charge in [-0.3, -0.25) is 14.2 Å². The first-order valence-electron chi connectivity index (χ1n) is 13.1. The summed E-state index contributed by atoms with van der Waals surface area (Å²) in [6.07, 6.45) is 1.69. The predicted molar refractivity (Wildman–Crippen MR) is 163 cm³/mol. The van der Waals surface area contributed by atoms with Crippen molar-refractivity contribution in [2.45, 2.75) is 19.9 Å². The van der Waals surface area contributed by atoms with Crippen LogP contribution >= 0.6 is 22.7 Å². The summed E-state index contributed by atoms with van der Waals surface area (Å²) < 4.78 is 12.9. The highest BCUT2D eigenvalue weighted by molar-refractivity contribution is 7.10. The number of nitrogens with one attached hydrogen (secondary N) is 1. The van der Waals surface area contributed by atoms with E-state index in [9.17, 15) is 14.4 Å². The van der Waals surface area contributed by atoms with E-state index in [1.54, 1.807) is 35.8 Å². The summed E-state index contributed by atoms with van der Waals surface area (Å²) in [5, 5.41) is 4.88. The fraction of sp³-hybridized carbons (Fsp3) is 0.125. The molecular formula is C32H25N3O5S2. The number of amides is 1. The van der Waals surface area contributed by atoms with Crippen LogP contribution in [0.25, 0.3) is 17.4 Å². The van der Waals surface area contributed by atoms with Gasteiger partial charge in [-0.2, -0.15) is 0 Å². The molecule has 8 nitrogen and oxygen atoms in total. The normalized spacial score (nSPS) is 14.8. The van der Waals surface area contributed by atoms with E-state index in [4.69, 9.17) is 9.15 Å². The Labute approximate surface area is 248 Å². The maximum Gasteiger partial charge on any atom is 0.337 e. The summed E-state index contributed by atoms with van der Waals surface area (Å²) in [6.45, 7) is 3.69. The molecule has 210 valence electrons. The van der Waals surface area contributed by atoms with Gasteiger partial charge >= 0.3 is 5.97 Å². The van der Waals surface area contributed by atoms with Gasteiger partial charge < -0.3 is 14.5 Å². The number of esters is 1. The number of thiophene rings is 1. The second-order valence-corrected chi connectivity index (χ2v) is 11.6. The maximum atomic E-state index is 13.9. The molecule has 2 aromatic carbocycles. The highest BCUT2D eigenvalue weighted by Gasteiger charge is 2.33. The van der Waals surface area contributed by atoms with E-state index in [0.29, 0.717) is 43.4 Å². The summed E-state index contributed by atoms with van der Waals surface area (Å²) >= 11 is 2.73. The molecule has 0 radical (unpaired) electrons. The van der Waals surface area contributed by atoms with Crippen LogP contribution in [0.4, 0.5) is 5.69 Å². The molecule has 0 saturated heterocycles. The molecule has 1 aliphatic heterocycles. The van der Waals surface area contributed by atoms with Crippen molar-refractivity contribution < 1.29 is 18.7 Å². The Morgan fingerprint density at radius 3 is 2.57 bits per heavy atom. The van der Waals surface area contributed by atoms with E-state index in [1.165, 1.54) is 29.8 Å². The molecule has 0 bridgehead atoms. The lowest BCUT2D eigenvalue weighted by atomic mass is 10.0. The molecule has 0 aliphatic carbocycles. The van der Waals surface area contributed by atoms with E-state index in [0.717, 1.165) is 16.0 Å². The van der Waals surface area contributed by atoms with Crippen molar-refractivity contribution in [1.82, 2.24) is 4.57 Å². The molecule has 1 N–H and O–H groups in total. The smallest absolute Gasteiger partial charge is 0.337 e. The van der Waals surface area contributed by atoms with Gasteiger partial charge in [0.1, 0.15) is 17.6 Å². The van der Waals surface area contributed by atoms with E-state index in [1.807, 2.05) is 66.9 Å². The van der Waals surface area contributed by atoms with Crippen LogP contribution in [0.3, 0.4) is 0 Å². The Bertz CT molecular complexity index is 2030. The second kappa shape index (κ2) is 11.2. The van der Waals surface area contributed by atoms with Crippen molar-refractivity contribution >= 4 is 46.3 Å². The molecule has 10 heteroatoms. The van der Waals surface area contributed by atoms with Crippen LogP contribution in [0, 0.1) is 6.92 Å². The number of anilines is 1. The molecule has 1 aliphatic rings. The molecule has 0 spiro atoms. The molecular weight excluding hydrogens is 571 g/mol. The van der Waals surface area contributed by atoms with Crippen LogP contribution < -0.4 is 20.2 Å². The van der Waals surface area contributed by atoms with Crippen molar-refractivity contribution in [2.24, 2.45) is 4.99 Å². The van der Waals surface area contributed by atoms with Crippen LogP contribution in [-0.4, -0.2) is 23.6 Å². The van der Waals surface area contributed by atoms with Crippen LogP contribution in [-0.2, 0) is 9.53 Å². The van der Waals surface area contributed by atoms with Crippen LogP contribution in [0.2, 0.25) is 0 Å². The van der Waals surface area contributed by atoms with Gasteiger partial charge in [0.15, 0.2) is 4.80 Å². The third-order valence-corrected chi connectivity index (χ3v) is 8.83. The first-order chi connectivity index (χ1) is 20.3. The van der Waals surface area contributed by atoms with Gasteiger partial charge in [0.2, 0.25) is 0 Å². The summed E-state index contributed by atoms with van der Waals surface area (Å²) in [5.41, 5.74) is 3.52. The summed E-state index contributed by atoms with van der Waals surface area (Å²) in [5.74, 6) is 0.392. The zero-order chi connectivity index (χ0) is 29.4. The Hall–Kier alpha value is -4.80. The molecule has 1 amide bonds. The third-order valence-electron chi connectivity index (χ3n) is 6.92. The first-order valence-corrected chi connectivity index (χ1v) is 14.7. The Morgan fingerprint density at radius 1 is 1.05 bits per heavy atom. The number of hydrogen-bond acceptors (Lipinski definition) is 8. The predicted octanol–water partition coefficient (Wildman–Crippen LogP) is 5.29. The molecule has 42 heavy (non-hydrogen) atoms. The fourth-order valence-electron chi connectivity index (χ4n) is 4.94. The molecule has 0 fully saturated rings. The van der Waals surface area contributed by atoms with Crippen molar-refractivity contribution in [3.8, 4) is 11.3 Å². The number of hydrogen-bond donors (Lipinski definition) is 1. The number of furan rings is 1. The summed E-state index contributed by atoms with van der Waals surface area (Å²) in [6, 6.07) is 21.3. The Morgan fingerprint density at radius 2 is 1.86 bits per heavy atom. The topological polar surface area (TPSA) is 103 Å². The van der Waals surface area contributed by atoms with E-state index >= 15 is 0 Å². The number of allylic oxidation sites excluding steroid dienone is 1. The standard InChI is InChI=1S/C32H25N3O5S2/c1-18-16-20(31(38)39-3)11-13-23(18)24-14-12-22(40-24)17-26-30(37)35-28(25-10-7-15-41-25)27(19(2)33-32(35)42-26)29(36)34-21-8-5-4-6-9-21/h4-17,28H,1-3H3,(H,34,36)/b26-17+/t28-/m0/s1. The van der Waals surface area contributed by atoms with Gasteiger partial charge in [-0.1, -0.05) is 41.7 Å². The molecule has 0 unspecified atom stereocenters. The average Bonchev–Trinajstić information content (AvgIpc) is 3.74. The lowest BCUT2D eigenvalue weighted by Gasteiger charge is -2.24. The summed E-state index contributed by atoms with van der Waals surface area (Å²) in [7, 11) is 1.35. The Balaban J connectivity index is 1.39. The quantitative estimate of drug-likeness (QED) is 0.269. The largest absolute Gasteiger partial charge is 0.465 e. The maximum absolute atomic E-state index is 13.9. The van der Waals surface area contributed by atoms with Gasteiger partial charge in [-0.25, -0.2) is 9.79 Å². The minimum absolute atomic E-state index is 0.258.